The summed E-state index contributed by atoms with van der Waals surface area (Å²) in [6.45, 7) is 5.88. The van der Waals surface area contributed by atoms with Crippen LogP contribution < -0.4 is 5.43 Å². The van der Waals surface area contributed by atoms with Crippen LogP contribution in [0.1, 0.15) is 21.5 Å². The van der Waals surface area contributed by atoms with Gasteiger partial charge < -0.3 is 10.0 Å². The molecule has 3 rings (SSSR count). The molecule has 2 N–H and O–H groups in total. The minimum Gasteiger partial charge on any atom is -0.507 e. The standard InChI is InChI=1S/C23H25FN4O3/c1-2-4-17-5-3-6-19(22(17)30)15-25-26-21(29)16-27-11-13-28(14-12-27)23(31)18-7-9-20(24)10-8-18/h2-3,5-10,15,30H,1,4,11-14,16H2,(H,26,29)/b25-15+. The van der Waals surface area contributed by atoms with Gasteiger partial charge in [0.25, 0.3) is 11.8 Å². The van der Waals surface area contributed by atoms with E-state index < -0.39 is 0 Å². The number of nitrogens with one attached hydrogen (secondary N) is 1. The first-order valence-electron chi connectivity index (χ1n) is 9.99. The van der Waals surface area contributed by atoms with Gasteiger partial charge in [-0.05, 0) is 42.3 Å². The number of carbonyl (C=O) groups is 2. The van der Waals surface area contributed by atoms with Crippen molar-refractivity contribution in [3.63, 3.8) is 0 Å². The summed E-state index contributed by atoms with van der Waals surface area (Å²) in [5.74, 6) is -0.694. The molecule has 1 aliphatic heterocycles. The average molecular weight is 424 g/mol. The van der Waals surface area contributed by atoms with Gasteiger partial charge in [0.05, 0.1) is 12.8 Å². The quantitative estimate of drug-likeness (QED) is 0.405. The first-order chi connectivity index (χ1) is 15.0. The van der Waals surface area contributed by atoms with Crippen LogP contribution in [0.15, 0.2) is 60.2 Å². The molecule has 1 saturated heterocycles. The summed E-state index contributed by atoms with van der Waals surface area (Å²) in [5, 5.41) is 14.1. The fourth-order valence-electron chi connectivity index (χ4n) is 3.33. The SMILES string of the molecule is C=CCc1cccc(/C=N/NC(=O)CN2CCN(C(=O)c3ccc(F)cc3)CC2)c1O. The van der Waals surface area contributed by atoms with E-state index in [-0.39, 0.29) is 29.9 Å². The molecule has 0 atom stereocenters. The molecule has 0 aromatic heterocycles. The number of phenolic OH excluding ortho intramolecular Hbond substituents is 1. The Morgan fingerprint density at radius 3 is 2.52 bits per heavy atom. The molecule has 162 valence electrons. The van der Waals surface area contributed by atoms with Crippen LogP contribution in [-0.4, -0.2) is 65.7 Å². The minimum atomic E-state index is -0.380. The highest BCUT2D eigenvalue weighted by molar-refractivity contribution is 5.94. The van der Waals surface area contributed by atoms with Crippen molar-refractivity contribution in [3.8, 4) is 5.75 Å². The van der Waals surface area contributed by atoms with E-state index in [0.29, 0.717) is 43.7 Å². The topological polar surface area (TPSA) is 85.2 Å². The highest BCUT2D eigenvalue weighted by Gasteiger charge is 2.23. The summed E-state index contributed by atoms with van der Waals surface area (Å²) in [6, 6.07) is 10.8. The second-order valence-electron chi connectivity index (χ2n) is 7.22. The molecule has 1 aliphatic rings. The number of hydrogen-bond acceptors (Lipinski definition) is 5. The zero-order valence-electron chi connectivity index (χ0n) is 17.1. The van der Waals surface area contributed by atoms with Gasteiger partial charge in [0, 0.05) is 37.3 Å². The maximum Gasteiger partial charge on any atom is 0.254 e. The van der Waals surface area contributed by atoms with Gasteiger partial charge in [-0.3, -0.25) is 14.5 Å². The van der Waals surface area contributed by atoms with Crippen molar-refractivity contribution in [3.05, 3.63) is 77.6 Å². The van der Waals surface area contributed by atoms with Gasteiger partial charge in [-0.1, -0.05) is 18.2 Å². The molecule has 2 aromatic rings. The second-order valence-corrected chi connectivity index (χ2v) is 7.22. The van der Waals surface area contributed by atoms with E-state index in [1.54, 1.807) is 29.2 Å². The van der Waals surface area contributed by atoms with Crippen LogP contribution in [0.5, 0.6) is 5.75 Å². The van der Waals surface area contributed by atoms with Crippen molar-refractivity contribution in [2.24, 2.45) is 5.10 Å². The van der Waals surface area contributed by atoms with Crippen LogP contribution in [0.2, 0.25) is 0 Å². The van der Waals surface area contributed by atoms with Crippen molar-refractivity contribution in [2.75, 3.05) is 32.7 Å². The molecule has 0 radical (unpaired) electrons. The third kappa shape index (κ3) is 5.99. The van der Waals surface area contributed by atoms with Crippen LogP contribution >= 0.6 is 0 Å². The van der Waals surface area contributed by atoms with Crippen molar-refractivity contribution >= 4 is 18.0 Å². The average Bonchev–Trinajstić information content (AvgIpc) is 2.77. The van der Waals surface area contributed by atoms with E-state index >= 15 is 0 Å². The van der Waals surface area contributed by atoms with E-state index in [0.717, 1.165) is 5.56 Å². The summed E-state index contributed by atoms with van der Waals surface area (Å²) in [5.41, 5.74) is 4.15. The van der Waals surface area contributed by atoms with Gasteiger partial charge in [-0.25, -0.2) is 9.82 Å². The van der Waals surface area contributed by atoms with E-state index in [2.05, 4.69) is 17.1 Å². The van der Waals surface area contributed by atoms with Crippen molar-refractivity contribution in [1.29, 1.82) is 0 Å². The zero-order chi connectivity index (χ0) is 22.2. The highest BCUT2D eigenvalue weighted by atomic mass is 19.1. The number of para-hydroxylation sites is 1. The smallest absolute Gasteiger partial charge is 0.254 e. The molecule has 0 bridgehead atoms. The minimum absolute atomic E-state index is 0.113. The number of rotatable bonds is 7. The predicted octanol–water partition coefficient (Wildman–Crippen LogP) is 2.17. The lowest BCUT2D eigenvalue weighted by atomic mass is 10.1. The van der Waals surface area contributed by atoms with Gasteiger partial charge in [0.15, 0.2) is 0 Å². The number of halogens is 1. The Bertz CT molecular complexity index is 967. The fraction of sp³-hybridized carbons (Fsp3) is 0.261. The van der Waals surface area contributed by atoms with Gasteiger partial charge in [0.2, 0.25) is 0 Å². The molecule has 0 spiro atoms. The normalized spacial score (nSPS) is 14.5. The van der Waals surface area contributed by atoms with E-state index in [1.165, 1.54) is 30.5 Å². The molecular formula is C23H25FN4O3. The van der Waals surface area contributed by atoms with E-state index in [1.807, 2.05) is 4.90 Å². The Balaban J connectivity index is 1.45. The first-order valence-corrected chi connectivity index (χ1v) is 9.99. The summed E-state index contributed by atoms with van der Waals surface area (Å²) in [4.78, 5) is 28.3. The van der Waals surface area contributed by atoms with Crippen LogP contribution in [0.25, 0.3) is 0 Å². The molecule has 7 nitrogen and oxygen atoms in total. The Hall–Kier alpha value is -3.52. The van der Waals surface area contributed by atoms with E-state index in [9.17, 15) is 19.1 Å². The molecule has 1 fully saturated rings. The van der Waals surface area contributed by atoms with Crippen LogP contribution in [0.4, 0.5) is 4.39 Å². The lowest BCUT2D eigenvalue weighted by Gasteiger charge is -2.34. The summed E-state index contributed by atoms with van der Waals surface area (Å²) >= 11 is 0. The molecule has 0 aliphatic carbocycles. The number of amides is 2. The zero-order valence-corrected chi connectivity index (χ0v) is 17.1. The van der Waals surface area contributed by atoms with Crippen LogP contribution in [-0.2, 0) is 11.2 Å². The fourth-order valence-corrected chi connectivity index (χ4v) is 3.33. The summed E-state index contributed by atoms with van der Waals surface area (Å²) in [7, 11) is 0. The second kappa shape index (κ2) is 10.5. The van der Waals surface area contributed by atoms with Gasteiger partial charge in [-0.15, -0.1) is 6.58 Å². The van der Waals surface area contributed by atoms with Gasteiger partial charge >= 0.3 is 0 Å². The molecule has 0 saturated carbocycles. The number of carbonyl (C=O) groups excluding carboxylic acids is 2. The number of hydrogen-bond donors (Lipinski definition) is 2. The number of phenols is 1. The monoisotopic (exact) mass is 424 g/mol. The Kier molecular flexibility index (Phi) is 7.50. The maximum absolute atomic E-state index is 13.0. The van der Waals surface area contributed by atoms with Crippen molar-refractivity contribution in [2.45, 2.75) is 6.42 Å². The number of allylic oxidation sites excluding steroid dienone is 1. The van der Waals surface area contributed by atoms with Crippen molar-refractivity contribution < 1.29 is 19.1 Å². The maximum atomic E-state index is 13.0. The van der Waals surface area contributed by atoms with Crippen molar-refractivity contribution in [1.82, 2.24) is 15.2 Å². The Morgan fingerprint density at radius 1 is 1.13 bits per heavy atom. The van der Waals surface area contributed by atoms with Crippen LogP contribution in [0, 0.1) is 5.82 Å². The van der Waals surface area contributed by atoms with Crippen LogP contribution in [0.3, 0.4) is 0 Å². The number of hydrazone groups is 1. The Morgan fingerprint density at radius 2 is 1.84 bits per heavy atom. The first kappa shape index (κ1) is 22.2. The molecule has 1 heterocycles. The van der Waals surface area contributed by atoms with Gasteiger partial charge in [0.1, 0.15) is 11.6 Å². The molecule has 0 unspecified atom stereocenters. The molecule has 8 heteroatoms. The van der Waals surface area contributed by atoms with E-state index in [4.69, 9.17) is 0 Å². The lowest BCUT2D eigenvalue weighted by molar-refractivity contribution is -0.122. The third-order valence-corrected chi connectivity index (χ3v) is 5.03. The summed E-state index contributed by atoms with van der Waals surface area (Å²) < 4.78 is 13.0. The highest BCUT2D eigenvalue weighted by Crippen LogP contribution is 2.21. The number of piperazine rings is 1. The molecule has 2 aromatic carbocycles. The molecule has 2 amide bonds. The molecular weight excluding hydrogens is 399 g/mol. The largest absolute Gasteiger partial charge is 0.507 e. The Labute approximate surface area is 180 Å². The van der Waals surface area contributed by atoms with Gasteiger partial charge in [-0.2, -0.15) is 5.10 Å². The number of aromatic hydroxyl groups is 1. The predicted molar refractivity (Wildman–Crippen MR) is 116 cm³/mol. The molecule has 31 heavy (non-hydrogen) atoms. The summed E-state index contributed by atoms with van der Waals surface area (Å²) in [6.07, 6.45) is 3.64. The lowest BCUT2D eigenvalue weighted by Crippen LogP contribution is -2.50. The third-order valence-electron chi connectivity index (χ3n) is 5.03. The number of nitrogens with zero attached hydrogens (tertiary/aromatic N) is 3. The number of benzene rings is 2.